The van der Waals surface area contributed by atoms with Gasteiger partial charge in [-0.05, 0) is 54.6 Å². The van der Waals surface area contributed by atoms with Crippen molar-refractivity contribution < 1.29 is 23.5 Å². The molecule has 31 heavy (non-hydrogen) atoms. The van der Waals surface area contributed by atoms with Gasteiger partial charge < -0.3 is 24.1 Å². The summed E-state index contributed by atoms with van der Waals surface area (Å²) < 4.78 is 16.0. The predicted octanol–water partition coefficient (Wildman–Crippen LogP) is 3.74. The molecule has 0 aliphatic carbocycles. The van der Waals surface area contributed by atoms with Gasteiger partial charge in [-0.1, -0.05) is 0 Å². The van der Waals surface area contributed by atoms with Crippen LogP contribution >= 0.6 is 0 Å². The number of fused-ring (bicyclic) bond motifs is 1. The molecule has 1 N–H and O–H groups in total. The number of carbonyl (C=O) groups is 2. The molecule has 1 aromatic heterocycles. The fourth-order valence-electron chi connectivity index (χ4n) is 3.61. The first kappa shape index (κ1) is 20.7. The Morgan fingerprint density at radius 2 is 1.81 bits per heavy atom. The van der Waals surface area contributed by atoms with Crippen molar-refractivity contribution in [2.45, 2.75) is 13.0 Å². The lowest BCUT2D eigenvalue weighted by atomic mass is 10.1. The highest BCUT2D eigenvalue weighted by atomic mass is 16.5. The number of ether oxygens (including phenoxy) is 2. The van der Waals surface area contributed by atoms with Gasteiger partial charge in [0, 0.05) is 49.0 Å². The summed E-state index contributed by atoms with van der Waals surface area (Å²) in [5.41, 5.74) is 3.25. The molecule has 0 unspecified atom stereocenters. The van der Waals surface area contributed by atoms with Gasteiger partial charge in [-0.25, -0.2) is 0 Å². The molecule has 7 heteroatoms. The molecule has 0 fully saturated rings. The molecule has 4 rings (SSSR count). The van der Waals surface area contributed by atoms with Crippen LogP contribution in [0.1, 0.15) is 21.7 Å². The first-order chi connectivity index (χ1) is 15.1. The highest BCUT2D eigenvalue weighted by Crippen LogP contribution is 2.31. The monoisotopic (exact) mass is 420 g/mol. The van der Waals surface area contributed by atoms with Crippen molar-refractivity contribution in [1.82, 2.24) is 4.90 Å². The number of hydrogen-bond acceptors (Lipinski definition) is 5. The number of anilines is 1. The summed E-state index contributed by atoms with van der Waals surface area (Å²) in [7, 11) is 3.08. The number of amides is 2. The van der Waals surface area contributed by atoms with Crippen LogP contribution in [-0.4, -0.2) is 44.1 Å². The summed E-state index contributed by atoms with van der Waals surface area (Å²) in [6.07, 6.45) is 0.669. The molecule has 2 aromatic carbocycles. The van der Waals surface area contributed by atoms with E-state index in [4.69, 9.17) is 13.9 Å². The molecular formula is C24H24N2O5. The van der Waals surface area contributed by atoms with Gasteiger partial charge in [-0.3, -0.25) is 9.59 Å². The largest absolute Gasteiger partial charge is 0.497 e. The van der Waals surface area contributed by atoms with E-state index in [2.05, 4.69) is 5.32 Å². The summed E-state index contributed by atoms with van der Waals surface area (Å²) in [4.78, 5) is 26.3. The Kier molecular flexibility index (Phi) is 6.04. The molecule has 160 valence electrons. The Labute approximate surface area is 180 Å². The molecule has 0 bridgehead atoms. The van der Waals surface area contributed by atoms with Crippen molar-refractivity contribution in [1.29, 1.82) is 0 Å². The van der Waals surface area contributed by atoms with Gasteiger partial charge in [0.15, 0.2) is 0 Å². The van der Waals surface area contributed by atoms with E-state index in [1.54, 1.807) is 31.4 Å². The molecule has 2 heterocycles. The van der Waals surface area contributed by atoms with E-state index in [-0.39, 0.29) is 18.4 Å². The van der Waals surface area contributed by atoms with Crippen LogP contribution in [0.4, 0.5) is 5.69 Å². The van der Waals surface area contributed by atoms with E-state index >= 15 is 0 Å². The molecule has 0 radical (unpaired) electrons. The fraction of sp³-hybridized carbons (Fsp3) is 0.250. The molecule has 2 amide bonds. The number of nitrogens with one attached hydrogen (secondary N) is 1. The number of methoxy groups -OCH3 is 2. The van der Waals surface area contributed by atoms with E-state index in [0.717, 1.165) is 28.4 Å². The van der Waals surface area contributed by atoms with Crippen molar-refractivity contribution in [3.63, 3.8) is 0 Å². The number of hydrogen-bond donors (Lipinski definition) is 1. The molecular weight excluding hydrogens is 396 g/mol. The predicted molar refractivity (Wildman–Crippen MR) is 116 cm³/mol. The lowest BCUT2D eigenvalue weighted by molar-refractivity contribution is -0.119. The van der Waals surface area contributed by atoms with Gasteiger partial charge in [0.25, 0.3) is 5.91 Å². The standard InChI is InChI=1S/C24H24N2O5/c1-29-15-23(27)25-19-7-3-16(4-8-19)22-13-18-14-26(12-11-21(18)31-22)24(28)17-5-9-20(30-2)10-6-17/h3-10,13H,11-12,14-15H2,1-2H3,(H,25,27). The summed E-state index contributed by atoms with van der Waals surface area (Å²) in [5.74, 6) is 2.17. The zero-order valence-corrected chi connectivity index (χ0v) is 17.5. The van der Waals surface area contributed by atoms with Crippen LogP contribution in [0.3, 0.4) is 0 Å². The van der Waals surface area contributed by atoms with Gasteiger partial charge >= 0.3 is 0 Å². The van der Waals surface area contributed by atoms with Gasteiger partial charge in [-0.2, -0.15) is 0 Å². The summed E-state index contributed by atoms with van der Waals surface area (Å²) in [6, 6.07) is 16.6. The van der Waals surface area contributed by atoms with Crippen LogP contribution in [-0.2, 0) is 22.5 Å². The lowest BCUT2D eigenvalue weighted by Crippen LogP contribution is -2.35. The highest BCUT2D eigenvalue weighted by Gasteiger charge is 2.25. The van der Waals surface area contributed by atoms with Crippen molar-refractivity contribution in [2.24, 2.45) is 0 Å². The minimum absolute atomic E-state index is 0.00722. The van der Waals surface area contributed by atoms with E-state index in [9.17, 15) is 9.59 Å². The third-order valence-corrected chi connectivity index (χ3v) is 5.22. The molecule has 0 atom stereocenters. The summed E-state index contributed by atoms with van der Waals surface area (Å²) in [6.45, 7) is 1.13. The van der Waals surface area contributed by atoms with Crippen LogP contribution < -0.4 is 10.1 Å². The molecule has 0 spiro atoms. The van der Waals surface area contributed by atoms with Crippen LogP contribution in [0.15, 0.2) is 59.0 Å². The number of carbonyl (C=O) groups excluding carboxylic acids is 2. The second-order valence-electron chi connectivity index (χ2n) is 7.32. The maximum absolute atomic E-state index is 12.9. The van der Waals surface area contributed by atoms with E-state index in [0.29, 0.717) is 30.8 Å². The summed E-state index contributed by atoms with van der Waals surface area (Å²) in [5, 5.41) is 2.76. The number of furan rings is 1. The Bertz CT molecular complexity index is 1070. The Balaban J connectivity index is 1.45. The van der Waals surface area contributed by atoms with Crippen LogP contribution in [0.2, 0.25) is 0 Å². The maximum atomic E-state index is 12.9. The quantitative estimate of drug-likeness (QED) is 0.657. The topological polar surface area (TPSA) is 81.0 Å². The van der Waals surface area contributed by atoms with Crippen LogP contribution in [0.5, 0.6) is 5.75 Å². The number of benzene rings is 2. The first-order valence-corrected chi connectivity index (χ1v) is 10.0. The van der Waals surface area contributed by atoms with Gasteiger partial charge in [0.1, 0.15) is 23.9 Å². The molecule has 0 saturated carbocycles. The Morgan fingerprint density at radius 3 is 2.48 bits per heavy atom. The fourth-order valence-corrected chi connectivity index (χ4v) is 3.61. The normalized spacial score (nSPS) is 12.9. The summed E-state index contributed by atoms with van der Waals surface area (Å²) >= 11 is 0. The minimum Gasteiger partial charge on any atom is -0.497 e. The van der Waals surface area contributed by atoms with Crippen molar-refractivity contribution in [3.8, 4) is 17.1 Å². The van der Waals surface area contributed by atoms with E-state index in [1.165, 1.54) is 7.11 Å². The van der Waals surface area contributed by atoms with Crippen molar-refractivity contribution >= 4 is 17.5 Å². The lowest BCUT2D eigenvalue weighted by Gasteiger charge is -2.26. The zero-order valence-electron chi connectivity index (χ0n) is 17.5. The van der Waals surface area contributed by atoms with Gasteiger partial charge in [0.2, 0.25) is 5.91 Å². The van der Waals surface area contributed by atoms with Crippen molar-refractivity contribution in [2.75, 3.05) is 32.7 Å². The average Bonchev–Trinajstić information content (AvgIpc) is 3.22. The van der Waals surface area contributed by atoms with Crippen molar-refractivity contribution in [3.05, 3.63) is 71.5 Å². The molecule has 7 nitrogen and oxygen atoms in total. The third-order valence-electron chi connectivity index (χ3n) is 5.22. The Morgan fingerprint density at radius 1 is 1.06 bits per heavy atom. The van der Waals surface area contributed by atoms with E-state index in [1.807, 2.05) is 35.2 Å². The van der Waals surface area contributed by atoms with Crippen LogP contribution in [0.25, 0.3) is 11.3 Å². The Hall–Kier alpha value is -3.58. The second kappa shape index (κ2) is 9.06. The minimum atomic E-state index is -0.203. The molecule has 1 aliphatic rings. The molecule has 3 aromatic rings. The van der Waals surface area contributed by atoms with Crippen LogP contribution in [0, 0.1) is 0 Å². The molecule has 1 aliphatic heterocycles. The average molecular weight is 420 g/mol. The molecule has 0 saturated heterocycles. The van der Waals surface area contributed by atoms with Gasteiger partial charge in [-0.15, -0.1) is 0 Å². The number of nitrogens with zero attached hydrogens (tertiary/aromatic N) is 1. The van der Waals surface area contributed by atoms with Gasteiger partial charge in [0.05, 0.1) is 7.11 Å². The highest BCUT2D eigenvalue weighted by molar-refractivity contribution is 5.94. The SMILES string of the molecule is COCC(=O)Nc1ccc(-c2cc3c(o2)CCN(C(=O)c2ccc(OC)cc2)C3)cc1. The number of rotatable bonds is 6. The zero-order chi connectivity index (χ0) is 21.8. The first-order valence-electron chi connectivity index (χ1n) is 10.0. The van der Waals surface area contributed by atoms with E-state index < -0.39 is 0 Å². The third kappa shape index (κ3) is 4.62. The maximum Gasteiger partial charge on any atom is 0.254 e. The smallest absolute Gasteiger partial charge is 0.254 e. The second-order valence-corrected chi connectivity index (χ2v) is 7.32.